The normalized spacial score (nSPS) is 42.0. The third-order valence-corrected chi connectivity index (χ3v) is 2.05. The molecule has 64 valence electrons. The Kier molecular flexibility index (Phi) is 1.02. The van der Waals surface area contributed by atoms with Gasteiger partial charge in [0.1, 0.15) is 6.26 Å². The average molecular weight is 169 g/mol. The van der Waals surface area contributed by atoms with Crippen molar-refractivity contribution < 1.29 is 19.0 Å². The fourth-order valence-corrected chi connectivity index (χ4v) is 1.46. The van der Waals surface area contributed by atoms with E-state index in [0.717, 1.165) is 0 Å². The fraction of sp³-hybridized carbons (Fsp3) is 0.429. The van der Waals surface area contributed by atoms with Crippen molar-refractivity contribution >= 4 is 0 Å². The van der Waals surface area contributed by atoms with E-state index in [1.54, 1.807) is 12.3 Å². The molecule has 0 aromatic rings. The molecule has 5 heteroatoms. The molecule has 5 nitrogen and oxygen atoms in total. The summed E-state index contributed by atoms with van der Waals surface area (Å²) in [6, 6.07) is 0. The van der Waals surface area contributed by atoms with Crippen LogP contribution in [0.2, 0.25) is 0 Å². The molecule has 3 aliphatic rings. The highest BCUT2D eigenvalue weighted by atomic mass is 16.8. The number of hydrogen-bond donors (Lipinski definition) is 1. The van der Waals surface area contributed by atoms with Gasteiger partial charge in [0.25, 0.3) is 5.79 Å². The zero-order valence-electron chi connectivity index (χ0n) is 6.15. The van der Waals surface area contributed by atoms with Gasteiger partial charge in [0, 0.05) is 12.3 Å². The quantitative estimate of drug-likeness (QED) is 0.552. The first-order chi connectivity index (χ1) is 5.91. The summed E-state index contributed by atoms with van der Waals surface area (Å²) in [6.07, 6.45) is 4.67. The topological polar surface area (TPSA) is 49.0 Å². The summed E-state index contributed by atoms with van der Waals surface area (Å²) in [6.45, 7) is 0.263. The molecule has 0 bridgehead atoms. The Morgan fingerprint density at radius 3 is 3.42 bits per heavy atom. The molecule has 3 heterocycles. The molecule has 1 saturated heterocycles. The van der Waals surface area contributed by atoms with Crippen LogP contribution in [0.5, 0.6) is 0 Å². The summed E-state index contributed by atoms with van der Waals surface area (Å²) >= 11 is 0. The molecule has 0 radical (unpaired) electrons. The summed E-state index contributed by atoms with van der Waals surface area (Å²) in [4.78, 5) is 5.17. The first-order valence-corrected chi connectivity index (χ1v) is 3.64. The van der Waals surface area contributed by atoms with E-state index < -0.39 is 5.79 Å². The minimum atomic E-state index is -0.841. The maximum absolute atomic E-state index is 5.28. The molecule has 3 aliphatic heterocycles. The number of nitrogens with one attached hydrogen (secondary N) is 1. The standard InChI is InChI=1S/C7H7NO4/c1-2-8-12-7(1)6-5(3-11-7)9-4-10-6/h1-3,6,8H,4H2. The van der Waals surface area contributed by atoms with Gasteiger partial charge in [-0.2, -0.15) is 0 Å². The van der Waals surface area contributed by atoms with Crippen LogP contribution >= 0.6 is 0 Å². The van der Waals surface area contributed by atoms with Crippen molar-refractivity contribution in [3.8, 4) is 0 Å². The zero-order chi connectivity index (χ0) is 8.02. The molecule has 3 rings (SSSR count). The van der Waals surface area contributed by atoms with Gasteiger partial charge in [0.15, 0.2) is 18.7 Å². The van der Waals surface area contributed by atoms with Gasteiger partial charge in [-0.3, -0.25) is 5.48 Å². The van der Waals surface area contributed by atoms with Crippen LogP contribution in [0.15, 0.2) is 24.3 Å². The predicted octanol–water partition coefficient (Wildman–Crippen LogP) is -0.0243. The third-order valence-electron chi connectivity index (χ3n) is 2.05. The molecule has 12 heavy (non-hydrogen) atoms. The van der Waals surface area contributed by atoms with E-state index in [4.69, 9.17) is 19.0 Å². The minimum Gasteiger partial charge on any atom is -0.466 e. The second kappa shape index (κ2) is 1.94. The van der Waals surface area contributed by atoms with E-state index >= 15 is 0 Å². The number of rotatable bonds is 0. The summed E-state index contributed by atoms with van der Waals surface area (Å²) in [5, 5.41) is 0. The fourth-order valence-electron chi connectivity index (χ4n) is 1.46. The highest BCUT2D eigenvalue weighted by Gasteiger charge is 2.53. The first kappa shape index (κ1) is 6.33. The summed E-state index contributed by atoms with van der Waals surface area (Å²) in [5.74, 6) is -0.158. The van der Waals surface area contributed by atoms with Gasteiger partial charge in [-0.15, -0.1) is 0 Å². The number of hydrogen-bond acceptors (Lipinski definition) is 5. The Balaban J connectivity index is 1.96. The number of hydroxylamine groups is 1. The monoisotopic (exact) mass is 169 g/mol. The maximum Gasteiger partial charge on any atom is 0.287 e. The molecular formula is C7H7NO4. The third kappa shape index (κ3) is 0.603. The Bertz CT molecular complexity index is 275. The smallest absolute Gasteiger partial charge is 0.287 e. The average Bonchev–Trinajstić information content (AvgIpc) is 2.76. The van der Waals surface area contributed by atoms with Crippen molar-refractivity contribution in [1.82, 2.24) is 5.48 Å². The van der Waals surface area contributed by atoms with Crippen molar-refractivity contribution in [2.75, 3.05) is 6.79 Å². The van der Waals surface area contributed by atoms with E-state index in [1.807, 2.05) is 0 Å². The Morgan fingerprint density at radius 2 is 2.58 bits per heavy atom. The van der Waals surface area contributed by atoms with Crippen molar-refractivity contribution in [3.05, 3.63) is 24.3 Å². The number of fused-ring (bicyclic) bond motifs is 2. The van der Waals surface area contributed by atoms with Gasteiger partial charge < -0.3 is 14.2 Å². The van der Waals surface area contributed by atoms with E-state index in [9.17, 15) is 0 Å². The van der Waals surface area contributed by atoms with Crippen molar-refractivity contribution in [2.24, 2.45) is 0 Å². The molecule has 0 saturated carbocycles. The molecule has 2 unspecified atom stereocenters. The largest absolute Gasteiger partial charge is 0.466 e. The van der Waals surface area contributed by atoms with Crippen LogP contribution in [0.4, 0.5) is 0 Å². The first-order valence-electron chi connectivity index (χ1n) is 3.64. The van der Waals surface area contributed by atoms with E-state index in [2.05, 4.69) is 5.48 Å². The lowest BCUT2D eigenvalue weighted by Gasteiger charge is -2.23. The zero-order valence-corrected chi connectivity index (χ0v) is 6.15. The van der Waals surface area contributed by atoms with Crippen LogP contribution in [-0.4, -0.2) is 18.7 Å². The SMILES string of the molecule is C1=CC2(OC=C3OCOC32)ON1. The molecule has 0 aromatic heterocycles. The van der Waals surface area contributed by atoms with Gasteiger partial charge in [-0.05, 0) is 0 Å². The van der Waals surface area contributed by atoms with E-state index in [1.165, 1.54) is 6.26 Å². The van der Waals surface area contributed by atoms with Crippen molar-refractivity contribution in [3.63, 3.8) is 0 Å². The minimum absolute atomic E-state index is 0.263. The summed E-state index contributed by atoms with van der Waals surface area (Å²) in [7, 11) is 0. The van der Waals surface area contributed by atoms with Crippen LogP contribution in [0.1, 0.15) is 0 Å². The van der Waals surface area contributed by atoms with Crippen molar-refractivity contribution in [1.29, 1.82) is 0 Å². The Labute approximate surface area is 68.5 Å². The van der Waals surface area contributed by atoms with Crippen LogP contribution in [-0.2, 0) is 19.0 Å². The molecule has 2 atom stereocenters. The molecule has 0 aromatic carbocycles. The van der Waals surface area contributed by atoms with Gasteiger partial charge >= 0.3 is 0 Å². The van der Waals surface area contributed by atoms with Crippen LogP contribution in [0, 0.1) is 0 Å². The number of ether oxygens (including phenoxy) is 3. The lowest BCUT2D eigenvalue weighted by molar-refractivity contribution is -0.221. The second-order valence-electron chi connectivity index (χ2n) is 2.72. The van der Waals surface area contributed by atoms with Gasteiger partial charge in [0.2, 0.25) is 0 Å². The predicted molar refractivity (Wildman–Crippen MR) is 36.1 cm³/mol. The molecule has 0 aliphatic carbocycles. The lowest BCUT2D eigenvalue weighted by atomic mass is 10.1. The van der Waals surface area contributed by atoms with Gasteiger partial charge in [-0.1, -0.05) is 0 Å². The second-order valence-corrected chi connectivity index (χ2v) is 2.72. The molecule has 0 amide bonds. The van der Waals surface area contributed by atoms with Crippen LogP contribution in [0.25, 0.3) is 0 Å². The Hall–Kier alpha value is -1.20. The Morgan fingerprint density at radius 1 is 1.58 bits per heavy atom. The summed E-state index contributed by atoms with van der Waals surface area (Å²) in [5.41, 5.74) is 2.59. The van der Waals surface area contributed by atoms with Gasteiger partial charge in [-0.25, -0.2) is 4.84 Å². The maximum atomic E-state index is 5.28. The molecule has 1 fully saturated rings. The van der Waals surface area contributed by atoms with Crippen molar-refractivity contribution in [2.45, 2.75) is 11.9 Å². The van der Waals surface area contributed by atoms with Crippen LogP contribution in [0.3, 0.4) is 0 Å². The van der Waals surface area contributed by atoms with E-state index in [-0.39, 0.29) is 12.9 Å². The summed E-state index contributed by atoms with van der Waals surface area (Å²) < 4.78 is 15.7. The highest BCUT2D eigenvalue weighted by Crippen LogP contribution is 2.38. The lowest BCUT2D eigenvalue weighted by Crippen LogP contribution is -2.41. The molecule has 1 N–H and O–H groups in total. The highest BCUT2D eigenvalue weighted by molar-refractivity contribution is 5.20. The molecular weight excluding hydrogens is 162 g/mol. The van der Waals surface area contributed by atoms with Gasteiger partial charge in [0.05, 0.1) is 0 Å². The van der Waals surface area contributed by atoms with E-state index in [0.29, 0.717) is 5.76 Å². The van der Waals surface area contributed by atoms with Crippen LogP contribution < -0.4 is 5.48 Å². The molecule has 1 spiro atoms.